The standard InChI is InChI=1S/C17H15FN2O2S/c18-15-2-4-17-13(9-15)6-8-20(17)23(21,22)16-3-1-12-5-7-19-11-14(12)10-16/h1-4,6,8-10,19H,5,7,11H2. The van der Waals surface area contributed by atoms with Gasteiger partial charge in [-0.05, 0) is 60.5 Å². The first-order valence-corrected chi connectivity index (χ1v) is 8.84. The van der Waals surface area contributed by atoms with Crippen LogP contribution in [0.4, 0.5) is 4.39 Å². The lowest BCUT2D eigenvalue weighted by Crippen LogP contribution is -2.24. The van der Waals surface area contributed by atoms with Crippen LogP contribution in [-0.2, 0) is 23.0 Å². The van der Waals surface area contributed by atoms with Crippen molar-refractivity contribution >= 4 is 20.9 Å². The zero-order valence-electron chi connectivity index (χ0n) is 12.3. The molecule has 0 saturated carbocycles. The van der Waals surface area contributed by atoms with Gasteiger partial charge in [0.2, 0.25) is 0 Å². The minimum Gasteiger partial charge on any atom is -0.312 e. The average molecular weight is 330 g/mol. The molecule has 23 heavy (non-hydrogen) atoms. The van der Waals surface area contributed by atoms with E-state index in [1.165, 1.54) is 33.9 Å². The Bertz CT molecular complexity index is 1010. The zero-order valence-corrected chi connectivity index (χ0v) is 13.1. The van der Waals surface area contributed by atoms with Crippen LogP contribution in [0.2, 0.25) is 0 Å². The number of hydrogen-bond donors (Lipinski definition) is 1. The lowest BCUT2D eigenvalue weighted by atomic mass is 10.0. The molecule has 0 unspecified atom stereocenters. The lowest BCUT2D eigenvalue weighted by molar-refractivity contribution is 0.587. The van der Waals surface area contributed by atoms with E-state index in [9.17, 15) is 12.8 Å². The first-order valence-electron chi connectivity index (χ1n) is 7.40. The number of benzene rings is 2. The fourth-order valence-corrected chi connectivity index (χ4v) is 4.43. The van der Waals surface area contributed by atoms with Gasteiger partial charge in [-0.1, -0.05) is 6.07 Å². The van der Waals surface area contributed by atoms with Crippen LogP contribution in [0.5, 0.6) is 0 Å². The van der Waals surface area contributed by atoms with Gasteiger partial charge in [-0.2, -0.15) is 0 Å². The molecule has 4 rings (SSSR count). The van der Waals surface area contributed by atoms with Gasteiger partial charge in [-0.15, -0.1) is 0 Å². The van der Waals surface area contributed by atoms with E-state index in [0.717, 1.165) is 18.5 Å². The molecule has 6 heteroatoms. The van der Waals surface area contributed by atoms with Crippen molar-refractivity contribution in [3.05, 3.63) is 65.6 Å². The van der Waals surface area contributed by atoms with Gasteiger partial charge in [0.25, 0.3) is 10.0 Å². The van der Waals surface area contributed by atoms with Crippen LogP contribution < -0.4 is 5.32 Å². The Balaban J connectivity index is 1.86. The van der Waals surface area contributed by atoms with E-state index >= 15 is 0 Å². The number of halogens is 1. The summed E-state index contributed by atoms with van der Waals surface area (Å²) < 4.78 is 40.4. The van der Waals surface area contributed by atoms with E-state index in [0.29, 0.717) is 17.4 Å². The fourth-order valence-electron chi connectivity index (χ4n) is 3.03. The monoisotopic (exact) mass is 330 g/mol. The predicted molar refractivity (Wildman–Crippen MR) is 86.3 cm³/mol. The van der Waals surface area contributed by atoms with Crippen molar-refractivity contribution in [3.63, 3.8) is 0 Å². The van der Waals surface area contributed by atoms with Gasteiger partial charge < -0.3 is 5.32 Å². The Labute approximate surface area is 133 Å². The third-order valence-corrected chi connectivity index (χ3v) is 5.92. The molecule has 3 aromatic rings. The number of nitrogens with one attached hydrogen (secondary N) is 1. The number of rotatable bonds is 2. The van der Waals surface area contributed by atoms with Crippen LogP contribution in [-0.4, -0.2) is 18.9 Å². The summed E-state index contributed by atoms with van der Waals surface area (Å²) in [4.78, 5) is 0.252. The summed E-state index contributed by atoms with van der Waals surface area (Å²) in [5.74, 6) is -0.382. The molecule has 0 spiro atoms. The van der Waals surface area contributed by atoms with Crippen molar-refractivity contribution in [3.8, 4) is 0 Å². The van der Waals surface area contributed by atoms with Gasteiger partial charge in [0, 0.05) is 18.1 Å². The maximum Gasteiger partial charge on any atom is 0.268 e. The lowest BCUT2D eigenvalue weighted by Gasteiger charge is -2.18. The second kappa shape index (κ2) is 5.18. The topological polar surface area (TPSA) is 51.1 Å². The molecule has 1 N–H and O–H groups in total. The van der Waals surface area contributed by atoms with Gasteiger partial charge in [-0.25, -0.2) is 16.8 Å². The Kier molecular flexibility index (Phi) is 3.25. The summed E-state index contributed by atoms with van der Waals surface area (Å²) in [6.45, 7) is 1.59. The normalized spacial score (nSPS) is 14.8. The Hall–Kier alpha value is -2.18. The largest absolute Gasteiger partial charge is 0.312 e. The summed E-state index contributed by atoms with van der Waals surface area (Å²) in [7, 11) is -3.70. The van der Waals surface area contributed by atoms with Crippen molar-refractivity contribution in [2.24, 2.45) is 0 Å². The molecule has 4 nitrogen and oxygen atoms in total. The summed E-state index contributed by atoms with van der Waals surface area (Å²) in [5.41, 5.74) is 2.67. The Morgan fingerprint density at radius 3 is 2.78 bits per heavy atom. The molecule has 0 amide bonds. The second-order valence-electron chi connectivity index (χ2n) is 5.68. The van der Waals surface area contributed by atoms with Crippen molar-refractivity contribution in [2.45, 2.75) is 17.9 Å². The highest BCUT2D eigenvalue weighted by molar-refractivity contribution is 7.90. The van der Waals surface area contributed by atoms with Gasteiger partial charge in [0.05, 0.1) is 10.4 Å². The quantitative estimate of drug-likeness (QED) is 0.786. The molecular formula is C17H15FN2O2S. The van der Waals surface area contributed by atoms with Crippen molar-refractivity contribution in [2.75, 3.05) is 6.54 Å². The molecule has 0 saturated heterocycles. The maximum absolute atomic E-state index is 13.3. The molecular weight excluding hydrogens is 315 g/mol. The van der Waals surface area contributed by atoms with Gasteiger partial charge in [0.1, 0.15) is 5.82 Å². The minimum absolute atomic E-state index is 0.252. The third kappa shape index (κ3) is 2.34. The molecule has 0 bridgehead atoms. The molecule has 0 aliphatic carbocycles. The summed E-state index contributed by atoms with van der Waals surface area (Å²) in [6.07, 6.45) is 2.37. The van der Waals surface area contributed by atoms with E-state index in [4.69, 9.17) is 0 Å². The molecule has 0 radical (unpaired) electrons. The van der Waals surface area contributed by atoms with E-state index < -0.39 is 10.0 Å². The number of aromatic nitrogens is 1. The predicted octanol–water partition coefficient (Wildman–Crippen LogP) is 2.66. The molecule has 0 atom stereocenters. The SMILES string of the molecule is O=S(=O)(c1ccc2c(c1)CNCC2)n1ccc2cc(F)ccc21. The molecule has 1 aliphatic rings. The highest BCUT2D eigenvalue weighted by Crippen LogP contribution is 2.25. The highest BCUT2D eigenvalue weighted by atomic mass is 32.2. The summed E-state index contributed by atoms with van der Waals surface area (Å²) in [6, 6.07) is 11.0. The van der Waals surface area contributed by atoms with Gasteiger partial charge >= 0.3 is 0 Å². The smallest absolute Gasteiger partial charge is 0.268 e. The van der Waals surface area contributed by atoms with Crippen LogP contribution in [0, 0.1) is 5.82 Å². The molecule has 2 heterocycles. The number of hydrogen-bond acceptors (Lipinski definition) is 3. The molecule has 2 aromatic carbocycles. The van der Waals surface area contributed by atoms with E-state index in [1.54, 1.807) is 18.2 Å². The maximum atomic E-state index is 13.3. The van der Waals surface area contributed by atoms with Crippen LogP contribution in [0.1, 0.15) is 11.1 Å². The van der Waals surface area contributed by atoms with E-state index in [1.807, 2.05) is 6.07 Å². The molecule has 118 valence electrons. The molecule has 1 aromatic heterocycles. The molecule has 0 fully saturated rings. The summed E-state index contributed by atoms with van der Waals surface area (Å²) >= 11 is 0. The van der Waals surface area contributed by atoms with Gasteiger partial charge in [0.15, 0.2) is 0 Å². The number of nitrogens with zero attached hydrogens (tertiary/aromatic N) is 1. The van der Waals surface area contributed by atoms with Crippen LogP contribution >= 0.6 is 0 Å². The zero-order chi connectivity index (χ0) is 16.0. The first kappa shape index (κ1) is 14.4. The fraction of sp³-hybridized carbons (Fsp3) is 0.176. The van der Waals surface area contributed by atoms with Crippen molar-refractivity contribution in [1.82, 2.24) is 9.29 Å². The minimum atomic E-state index is -3.70. The molecule has 1 aliphatic heterocycles. The van der Waals surface area contributed by atoms with Crippen LogP contribution in [0.3, 0.4) is 0 Å². The van der Waals surface area contributed by atoms with Crippen molar-refractivity contribution < 1.29 is 12.8 Å². The van der Waals surface area contributed by atoms with Crippen LogP contribution in [0.25, 0.3) is 10.9 Å². The Morgan fingerprint density at radius 2 is 1.91 bits per heavy atom. The second-order valence-corrected chi connectivity index (χ2v) is 7.49. The first-order chi connectivity index (χ1) is 11.1. The van der Waals surface area contributed by atoms with Crippen molar-refractivity contribution in [1.29, 1.82) is 0 Å². The average Bonchev–Trinajstić information content (AvgIpc) is 2.98. The summed E-state index contributed by atoms with van der Waals surface area (Å²) in [5, 5.41) is 3.81. The van der Waals surface area contributed by atoms with E-state index in [2.05, 4.69) is 5.32 Å². The number of fused-ring (bicyclic) bond motifs is 2. The highest BCUT2D eigenvalue weighted by Gasteiger charge is 2.21. The third-order valence-electron chi connectivity index (χ3n) is 4.24. The Morgan fingerprint density at radius 1 is 1.04 bits per heavy atom. The van der Waals surface area contributed by atoms with E-state index in [-0.39, 0.29) is 10.7 Å². The van der Waals surface area contributed by atoms with Gasteiger partial charge in [-0.3, -0.25) is 0 Å². The van der Waals surface area contributed by atoms with Crippen LogP contribution in [0.15, 0.2) is 53.6 Å².